The molecular formula is C14H14O3S. The monoisotopic (exact) mass is 262 g/mol. The molecule has 0 aliphatic heterocycles. The zero-order chi connectivity index (χ0) is 13.2. The third-order valence-electron chi connectivity index (χ3n) is 2.73. The van der Waals surface area contributed by atoms with Gasteiger partial charge >= 0.3 is 0 Å². The van der Waals surface area contributed by atoms with E-state index in [0.717, 1.165) is 0 Å². The number of aliphatic hydroxyl groups is 1. The van der Waals surface area contributed by atoms with Gasteiger partial charge in [0.15, 0.2) is 0 Å². The molecule has 2 rings (SSSR count). The van der Waals surface area contributed by atoms with Crippen LogP contribution in [0.25, 0.3) is 0 Å². The zero-order valence-corrected chi connectivity index (χ0v) is 10.8. The molecule has 18 heavy (non-hydrogen) atoms. The first-order chi connectivity index (χ1) is 8.51. The van der Waals surface area contributed by atoms with Gasteiger partial charge in [0.25, 0.3) is 0 Å². The average molecular weight is 262 g/mol. The lowest BCUT2D eigenvalue weighted by Crippen LogP contribution is -2.02. The van der Waals surface area contributed by atoms with Crippen molar-refractivity contribution >= 4 is 9.84 Å². The smallest absolute Gasteiger partial charge is 0.206 e. The minimum atomic E-state index is -3.46. The van der Waals surface area contributed by atoms with Gasteiger partial charge in [-0.3, -0.25) is 0 Å². The van der Waals surface area contributed by atoms with E-state index in [0.29, 0.717) is 5.56 Å². The molecule has 0 amide bonds. The fraction of sp³-hybridized carbons (Fsp3) is 0.143. The van der Waals surface area contributed by atoms with Crippen molar-refractivity contribution in [2.24, 2.45) is 0 Å². The minimum absolute atomic E-state index is 0.234. The Morgan fingerprint density at radius 2 is 1.39 bits per heavy atom. The molecule has 3 nitrogen and oxygen atoms in total. The molecule has 0 saturated heterocycles. The highest BCUT2D eigenvalue weighted by Gasteiger charge is 2.16. The summed E-state index contributed by atoms with van der Waals surface area (Å²) in [7, 11) is -3.46. The average Bonchev–Trinajstić information content (AvgIpc) is 2.40. The van der Waals surface area contributed by atoms with Gasteiger partial charge in [-0.25, -0.2) is 8.42 Å². The summed E-state index contributed by atoms with van der Waals surface area (Å²) in [4.78, 5) is 0.507. The predicted molar refractivity (Wildman–Crippen MR) is 69.0 cm³/mol. The van der Waals surface area contributed by atoms with Crippen molar-refractivity contribution in [2.45, 2.75) is 22.8 Å². The number of aliphatic hydroxyl groups excluding tert-OH is 1. The number of benzene rings is 2. The molecule has 4 heteroatoms. The molecule has 0 saturated carbocycles. The van der Waals surface area contributed by atoms with Gasteiger partial charge in [0, 0.05) is 0 Å². The first kappa shape index (κ1) is 12.8. The molecule has 0 bridgehead atoms. The third-order valence-corrected chi connectivity index (χ3v) is 4.51. The Hall–Kier alpha value is -1.65. The van der Waals surface area contributed by atoms with Gasteiger partial charge in [0.2, 0.25) is 9.84 Å². The molecule has 0 heterocycles. The van der Waals surface area contributed by atoms with Crippen molar-refractivity contribution < 1.29 is 13.5 Å². The van der Waals surface area contributed by atoms with Crippen molar-refractivity contribution in [3.05, 3.63) is 60.2 Å². The summed E-state index contributed by atoms with van der Waals surface area (Å²) in [5, 5.41) is 9.38. The van der Waals surface area contributed by atoms with Crippen LogP contribution in [-0.4, -0.2) is 13.5 Å². The summed E-state index contributed by atoms with van der Waals surface area (Å²) in [6, 6.07) is 14.6. The second kappa shape index (κ2) is 4.92. The zero-order valence-electron chi connectivity index (χ0n) is 9.95. The van der Waals surface area contributed by atoms with Gasteiger partial charge in [-0.2, -0.15) is 0 Å². The largest absolute Gasteiger partial charge is 0.389 e. The van der Waals surface area contributed by atoms with Crippen molar-refractivity contribution in [2.75, 3.05) is 0 Å². The Kier molecular flexibility index (Phi) is 3.50. The second-order valence-electron chi connectivity index (χ2n) is 4.06. The topological polar surface area (TPSA) is 54.4 Å². The summed E-state index contributed by atoms with van der Waals surface area (Å²) in [6.07, 6.45) is -0.599. The lowest BCUT2D eigenvalue weighted by molar-refractivity contribution is 0.199. The van der Waals surface area contributed by atoms with Crippen molar-refractivity contribution in [1.29, 1.82) is 0 Å². The quantitative estimate of drug-likeness (QED) is 0.925. The minimum Gasteiger partial charge on any atom is -0.389 e. The van der Waals surface area contributed by atoms with E-state index in [1.54, 1.807) is 49.4 Å². The molecule has 0 aliphatic rings. The standard InChI is InChI=1S/C14H14O3S/c1-11(15)12-7-9-14(10-8-12)18(16,17)13-5-3-2-4-6-13/h2-11,15H,1H3/t11-/m1/s1. The maximum absolute atomic E-state index is 12.3. The Bertz CT molecular complexity index is 614. The van der Waals surface area contributed by atoms with Crippen LogP contribution in [-0.2, 0) is 9.84 Å². The Morgan fingerprint density at radius 3 is 1.89 bits per heavy atom. The third kappa shape index (κ3) is 2.44. The van der Waals surface area contributed by atoms with Gasteiger partial charge in [-0.05, 0) is 36.8 Å². The fourth-order valence-electron chi connectivity index (χ4n) is 1.66. The lowest BCUT2D eigenvalue weighted by atomic mass is 10.1. The fourth-order valence-corrected chi connectivity index (χ4v) is 2.94. The molecule has 94 valence electrons. The molecule has 1 atom stereocenters. The van der Waals surface area contributed by atoms with E-state index in [-0.39, 0.29) is 9.79 Å². The molecule has 1 N–H and O–H groups in total. The number of hydrogen-bond acceptors (Lipinski definition) is 3. The van der Waals surface area contributed by atoms with Gasteiger partial charge < -0.3 is 5.11 Å². The van der Waals surface area contributed by atoms with Crippen molar-refractivity contribution in [3.63, 3.8) is 0 Å². The Morgan fingerprint density at radius 1 is 0.889 bits per heavy atom. The van der Waals surface area contributed by atoms with Crippen molar-refractivity contribution in [1.82, 2.24) is 0 Å². The van der Waals surface area contributed by atoms with Crippen LogP contribution in [0.2, 0.25) is 0 Å². The molecule has 0 radical (unpaired) electrons. The number of rotatable bonds is 3. The molecule has 0 aromatic heterocycles. The lowest BCUT2D eigenvalue weighted by Gasteiger charge is -2.07. The normalized spacial score (nSPS) is 13.2. The summed E-state index contributed by atoms with van der Waals surface area (Å²) in [5.41, 5.74) is 0.696. The highest BCUT2D eigenvalue weighted by atomic mass is 32.2. The first-order valence-electron chi connectivity index (χ1n) is 5.60. The van der Waals surface area contributed by atoms with Crippen LogP contribution >= 0.6 is 0 Å². The van der Waals surface area contributed by atoms with Crippen LogP contribution in [0.5, 0.6) is 0 Å². The summed E-state index contributed by atoms with van der Waals surface area (Å²) in [5.74, 6) is 0. The Balaban J connectivity index is 2.43. The summed E-state index contributed by atoms with van der Waals surface area (Å²) >= 11 is 0. The summed E-state index contributed by atoms with van der Waals surface area (Å²) < 4.78 is 24.5. The highest BCUT2D eigenvalue weighted by molar-refractivity contribution is 7.91. The van der Waals surface area contributed by atoms with E-state index in [1.165, 1.54) is 12.1 Å². The van der Waals surface area contributed by atoms with Crippen molar-refractivity contribution in [3.8, 4) is 0 Å². The molecule has 0 spiro atoms. The Labute approximate surface area is 107 Å². The van der Waals surface area contributed by atoms with Gasteiger partial charge in [-0.15, -0.1) is 0 Å². The molecular weight excluding hydrogens is 248 g/mol. The summed E-state index contributed by atoms with van der Waals surface area (Å²) in [6.45, 7) is 1.64. The number of hydrogen-bond donors (Lipinski definition) is 1. The van der Waals surface area contributed by atoms with E-state index < -0.39 is 15.9 Å². The van der Waals surface area contributed by atoms with Crippen LogP contribution in [0.4, 0.5) is 0 Å². The molecule has 0 aliphatic carbocycles. The van der Waals surface area contributed by atoms with Crippen LogP contribution in [0.1, 0.15) is 18.6 Å². The second-order valence-corrected chi connectivity index (χ2v) is 6.01. The maximum Gasteiger partial charge on any atom is 0.206 e. The van der Waals surface area contributed by atoms with Gasteiger partial charge in [-0.1, -0.05) is 30.3 Å². The van der Waals surface area contributed by atoms with E-state index in [9.17, 15) is 13.5 Å². The molecule has 0 fully saturated rings. The van der Waals surface area contributed by atoms with Gasteiger partial charge in [0.05, 0.1) is 15.9 Å². The molecule has 2 aromatic rings. The van der Waals surface area contributed by atoms with E-state index in [4.69, 9.17) is 0 Å². The highest BCUT2D eigenvalue weighted by Crippen LogP contribution is 2.22. The maximum atomic E-state index is 12.3. The van der Waals surface area contributed by atoms with E-state index >= 15 is 0 Å². The van der Waals surface area contributed by atoms with Crippen LogP contribution in [0, 0.1) is 0 Å². The molecule has 0 unspecified atom stereocenters. The van der Waals surface area contributed by atoms with E-state index in [1.807, 2.05) is 0 Å². The van der Waals surface area contributed by atoms with Gasteiger partial charge in [0.1, 0.15) is 0 Å². The molecule has 2 aromatic carbocycles. The van der Waals surface area contributed by atoms with Crippen LogP contribution in [0.15, 0.2) is 64.4 Å². The predicted octanol–water partition coefficient (Wildman–Crippen LogP) is 2.57. The van der Waals surface area contributed by atoms with Crippen LogP contribution < -0.4 is 0 Å². The van der Waals surface area contributed by atoms with E-state index in [2.05, 4.69) is 0 Å². The number of sulfone groups is 1. The SMILES string of the molecule is C[C@@H](O)c1ccc(S(=O)(=O)c2ccccc2)cc1. The first-order valence-corrected chi connectivity index (χ1v) is 7.08. The van der Waals surface area contributed by atoms with Crippen LogP contribution in [0.3, 0.4) is 0 Å².